The first-order valence-electron chi connectivity index (χ1n) is 3.13. The Kier molecular flexibility index (Phi) is 2.52. The Labute approximate surface area is 70.8 Å². The highest BCUT2D eigenvalue weighted by atomic mass is 32.1. The summed E-state index contributed by atoms with van der Waals surface area (Å²) in [5, 5.41) is 1.33. The Bertz CT molecular complexity index is 276. The van der Waals surface area contributed by atoms with E-state index in [-0.39, 0.29) is 12.0 Å². The third-order valence-corrected chi connectivity index (χ3v) is 2.31. The monoisotopic (exact) mass is 194 g/mol. The van der Waals surface area contributed by atoms with E-state index in [9.17, 15) is 18.0 Å². The number of hydrogen-bond donors (Lipinski definition) is 0. The minimum Gasteiger partial charge on any atom is -0.303 e. The first kappa shape index (κ1) is 9.25. The molecule has 1 nitrogen and oxygen atoms in total. The zero-order valence-electron chi connectivity index (χ0n) is 5.89. The highest BCUT2D eigenvalue weighted by molar-refractivity contribution is 7.10. The summed E-state index contributed by atoms with van der Waals surface area (Å²) in [6.07, 6.45) is -4.03. The molecule has 1 heterocycles. The van der Waals surface area contributed by atoms with Crippen LogP contribution in [0.15, 0.2) is 11.4 Å². The fourth-order valence-electron chi connectivity index (χ4n) is 0.835. The quantitative estimate of drug-likeness (QED) is 0.661. The lowest BCUT2D eigenvalue weighted by Gasteiger charge is -2.04. The number of carbonyl (C=O) groups excluding carboxylic acids is 1. The van der Waals surface area contributed by atoms with Crippen molar-refractivity contribution in [1.82, 2.24) is 0 Å². The van der Waals surface area contributed by atoms with Crippen LogP contribution in [0.2, 0.25) is 0 Å². The first-order chi connectivity index (χ1) is 5.55. The molecule has 12 heavy (non-hydrogen) atoms. The fraction of sp³-hybridized carbons (Fsp3) is 0.286. The van der Waals surface area contributed by atoms with Crippen LogP contribution < -0.4 is 0 Å². The van der Waals surface area contributed by atoms with Crippen molar-refractivity contribution >= 4 is 17.6 Å². The van der Waals surface area contributed by atoms with Gasteiger partial charge in [0.2, 0.25) is 0 Å². The van der Waals surface area contributed by atoms with E-state index >= 15 is 0 Å². The average molecular weight is 194 g/mol. The van der Waals surface area contributed by atoms with Crippen LogP contribution in [-0.4, -0.2) is 6.29 Å². The van der Waals surface area contributed by atoms with Gasteiger partial charge in [-0.3, -0.25) is 0 Å². The van der Waals surface area contributed by atoms with Gasteiger partial charge in [-0.25, -0.2) is 0 Å². The lowest BCUT2D eigenvalue weighted by atomic mass is 10.2. The second-order valence-corrected chi connectivity index (χ2v) is 3.06. The van der Waals surface area contributed by atoms with Crippen LogP contribution in [-0.2, 0) is 17.4 Å². The van der Waals surface area contributed by atoms with Crippen LogP contribution in [0.25, 0.3) is 0 Å². The summed E-state index contributed by atoms with van der Waals surface area (Å²) in [4.78, 5) is 9.32. The molecule has 0 radical (unpaired) electrons. The van der Waals surface area contributed by atoms with Gasteiger partial charge in [-0.05, 0) is 17.0 Å². The summed E-state index contributed by atoms with van der Waals surface area (Å²) < 4.78 is 36.3. The van der Waals surface area contributed by atoms with Crippen molar-refractivity contribution < 1.29 is 18.0 Å². The Morgan fingerprint density at radius 2 is 2.17 bits per heavy atom. The molecule has 0 aliphatic carbocycles. The lowest BCUT2D eigenvalue weighted by molar-refractivity contribution is -0.134. The van der Waals surface area contributed by atoms with Gasteiger partial charge in [0.25, 0.3) is 0 Å². The van der Waals surface area contributed by atoms with Crippen LogP contribution in [0.4, 0.5) is 13.2 Å². The summed E-state index contributed by atoms with van der Waals surface area (Å²) in [5.74, 6) is 0. The molecule has 0 N–H and O–H groups in total. The average Bonchev–Trinajstić information content (AvgIpc) is 2.34. The lowest BCUT2D eigenvalue weighted by Crippen LogP contribution is -2.05. The molecule has 0 aliphatic rings. The van der Waals surface area contributed by atoms with Gasteiger partial charge >= 0.3 is 6.18 Å². The zero-order chi connectivity index (χ0) is 9.19. The van der Waals surface area contributed by atoms with Gasteiger partial charge in [0.1, 0.15) is 11.2 Å². The Morgan fingerprint density at radius 1 is 1.50 bits per heavy atom. The second kappa shape index (κ2) is 3.26. The normalized spacial score (nSPS) is 11.6. The molecule has 1 aromatic heterocycles. The number of hydrogen-bond acceptors (Lipinski definition) is 2. The van der Waals surface area contributed by atoms with Gasteiger partial charge < -0.3 is 4.79 Å². The van der Waals surface area contributed by atoms with Crippen LogP contribution >= 0.6 is 11.3 Å². The third kappa shape index (κ3) is 1.85. The van der Waals surface area contributed by atoms with Crippen molar-refractivity contribution in [3.8, 4) is 0 Å². The Hall–Kier alpha value is -0.840. The zero-order valence-corrected chi connectivity index (χ0v) is 6.71. The number of halogens is 3. The molecule has 1 aromatic rings. The molecule has 1 rings (SSSR count). The van der Waals surface area contributed by atoms with Crippen molar-refractivity contribution in [2.45, 2.75) is 12.6 Å². The largest absolute Gasteiger partial charge is 0.425 e. The fourth-order valence-corrected chi connectivity index (χ4v) is 1.64. The molecule has 0 bridgehead atoms. The minimum atomic E-state index is -4.33. The SMILES string of the molecule is O=CCc1ccsc1C(F)(F)F. The predicted octanol–water partition coefficient (Wildman–Crippen LogP) is 2.51. The summed E-state index contributed by atoms with van der Waals surface area (Å²) in [6, 6.07) is 1.32. The van der Waals surface area contributed by atoms with Crippen molar-refractivity contribution in [2.24, 2.45) is 0 Å². The van der Waals surface area contributed by atoms with Crippen molar-refractivity contribution in [3.05, 3.63) is 21.9 Å². The maximum absolute atomic E-state index is 12.1. The van der Waals surface area contributed by atoms with Gasteiger partial charge in [0, 0.05) is 6.42 Å². The molecule has 0 spiro atoms. The molecule has 0 aromatic carbocycles. The summed E-state index contributed by atoms with van der Waals surface area (Å²) in [7, 11) is 0. The maximum Gasteiger partial charge on any atom is 0.425 e. The third-order valence-electron chi connectivity index (χ3n) is 1.31. The van der Waals surface area contributed by atoms with Gasteiger partial charge in [-0.1, -0.05) is 0 Å². The molecule has 66 valence electrons. The van der Waals surface area contributed by atoms with E-state index in [1.54, 1.807) is 0 Å². The summed E-state index contributed by atoms with van der Waals surface area (Å²) in [5.41, 5.74) is 0.0579. The smallest absolute Gasteiger partial charge is 0.303 e. The summed E-state index contributed by atoms with van der Waals surface area (Å²) in [6.45, 7) is 0. The van der Waals surface area contributed by atoms with E-state index in [1.165, 1.54) is 11.4 Å². The number of alkyl halides is 3. The van der Waals surface area contributed by atoms with E-state index in [0.717, 1.165) is 0 Å². The van der Waals surface area contributed by atoms with Gasteiger partial charge in [0.15, 0.2) is 0 Å². The first-order valence-corrected chi connectivity index (χ1v) is 4.01. The van der Waals surface area contributed by atoms with Crippen LogP contribution in [0.5, 0.6) is 0 Å². The molecule has 0 saturated heterocycles. The molecule has 0 saturated carbocycles. The molecule has 5 heteroatoms. The number of rotatable bonds is 2. The van der Waals surface area contributed by atoms with E-state index in [1.807, 2.05) is 0 Å². The topological polar surface area (TPSA) is 17.1 Å². The minimum absolute atomic E-state index is 0.0579. The second-order valence-electron chi connectivity index (χ2n) is 2.14. The predicted molar refractivity (Wildman–Crippen MR) is 39.1 cm³/mol. The van der Waals surface area contributed by atoms with Gasteiger partial charge in [-0.2, -0.15) is 13.2 Å². The molecule has 0 fully saturated rings. The van der Waals surface area contributed by atoms with E-state index in [0.29, 0.717) is 17.6 Å². The number of aldehydes is 1. The van der Waals surface area contributed by atoms with E-state index in [2.05, 4.69) is 0 Å². The van der Waals surface area contributed by atoms with E-state index in [4.69, 9.17) is 0 Å². The molecule has 0 unspecified atom stereocenters. The Balaban J connectivity index is 2.99. The maximum atomic E-state index is 12.1. The molecular formula is C7H5F3OS. The van der Waals surface area contributed by atoms with Gasteiger partial charge in [0.05, 0.1) is 0 Å². The van der Waals surface area contributed by atoms with Crippen molar-refractivity contribution in [1.29, 1.82) is 0 Å². The molecular weight excluding hydrogens is 189 g/mol. The molecule has 0 amide bonds. The molecule has 0 aliphatic heterocycles. The van der Waals surface area contributed by atoms with Crippen LogP contribution in [0.1, 0.15) is 10.4 Å². The number of thiophene rings is 1. The Morgan fingerprint density at radius 3 is 2.67 bits per heavy atom. The van der Waals surface area contributed by atoms with Gasteiger partial charge in [-0.15, -0.1) is 11.3 Å². The standard InChI is InChI=1S/C7H5F3OS/c8-7(9,10)6-5(1-3-11)2-4-12-6/h2-4H,1H2. The van der Waals surface area contributed by atoms with Crippen molar-refractivity contribution in [3.63, 3.8) is 0 Å². The van der Waals surface area contributed by atoms with Crippen LogP contribution in [0, 0.1) is 0 Å². The number of carbonyl (C=O) groups is 1. The highest BCUT2D eigenvalue weighted by Crippen LogP contribution is 2.35. The van der Waals surface area contributed by atoms with Crippen LogP contribution in [0.3, 0.4) is 0 Å². The summed E-state index contributed by atoms with van der Waals surface area (Å²) >= 11 is 0.613. The van der Waals surface area contributed by atoms with Crippen molar-refractivity contribution in [2.75, 3.05) is 0 Å². The molecule has 0 atom stereocenters. The highest BCUT2D eigenvalue weighted by Gasteiger charge is 2.34. The van der Waals surface area contributed by atoms with E-state index < -0.39 is 11.1 Å².